The molecule has 1 fully saturated rings. The number of carbonyl (C=O) groups excluding carboxylic acids is 1. The third-order valence-electron chi connectivity index (χ3n) is 3.72. The summed E-state index contributed by atoms with van der Waals surface area (Å²) in [5, 5.41) is 24.7. The lowest BCUT2D eigenvalue weighted by atomic mass is 10.1. The predicted molar refractivity (Wildman–Crippen MR) is 76.5 cm³/mol. The summed E-state index contributed by atoms with van der Waals surface area (Å²) in [5.74, 6) is -0.512. The van der Waals surface area contributed by atoms with Gasteiger partial charge in [-0.3, -0.25) is 25.0 Å². The molecule has 0 saturated heterocycles. The van der Waals surface area contributed by atoms with E-state index in [0.29, 0.717) is 19.3 Å². The van der Waals surface area contributed by atoms with E-state index in [4.69, 9.17) is 0 Å². The number of nitrogens with one attached hydrogen (secondary N) is 1. The zero-order valence-corrected chi connectivity index (χ0v) is 11.9. The first-order valence-electron chi connectivity index (χ1n) is 6.69. The summed E-state index contributed by atoms with van der Waals surface area (Å²) in [7, 11) is 1.32. The fraction of sp³-hybridized carbons (Fsp3) is 0.462. The number of benzene rings is 1. The van der Waals surface area contributed by atoms with Crippen LogP contribution >= 0.6 is 0 Å². The van der Waals surface area contributed by atoms with Crippen molar-refractivity contribution in [1.29, 1.82) is 0 Å². The van der Waals surface area contributed by atoms with Gasteiger partial charge in [0, 0.05) is 12.1 Å². The Hall–Kier alpha value is -2.71. The molecule has 0 aliphatic heterocycles. The molecule has 22 heavy (non-hydrogen) atoms. The van der Waals surface area contributed by atoms with Crippen LogP contribution in [0.5, 0.6) is 0 Å². The second kappa shape index (κ2) is 6.37. The average molecular weight is 309 g/mol. The van der Waals surface area contributed by atoms with Crippen molar-refractivity contribution in [3.63, 3.8) is 0 Å². The van der Waals surface area contributed by atoms with Crippen molar-refractivity contribution in [2.75, 3.05) is 12.4 Å². The van der Waals surface area contributed by atoms with E-state index < -0.39 is 9.85 Å². The highest BCUT2D eigenvalue weighted by Crippen LogP contribution is 2.34. The van der Waals surface area contributed by atoms with Crippen LogP contribution in [0.1, 0.15) is 19.3 Å². The van der Waals surface area contributed by atoms with E-state index in [0.717, 1.165) is 6.07 Å². The number of rotatable bonds is 5. The standard InChI is InChI=1S/C13H15N3O6/c1-22-13(17)8-2-3-9(6-8)14-11-5-4-10(15(18)19)7-12(11)16(20)21/h4-5,7-9,14H,2-3,6H2,1H3/t8-,9+/m0/s1. The first kappa shape index (κ1) is 15.7. The van der Waals surface area contributed by atoms with E-state index in [-0.39, 0.29) is 35.0 Å². The Morgan fingerprint density at radius 1 is 1.27 bits per heavy atom. The van der Waals surface area contributed by atoms with Crippen molar-refractivity contribution in [3.05, 3.63) is 38.4 Å². The van der Waals surface area contributed by atoms with Gasteiger partial charge in [0.15, 0.2) is 0 Å². The Morgan fingerprint density at radius 2 is 2.00 bits per heavy atom. The van der Waals surface area contributed by atoms with Crippen LogP contribution in [0.25, 0.3) is 0 Å². The molecule has 9 nitrogen and oxygen atoms in total. The lowest BCUT2D eigenvalue weighted by Crippen LogP contribution is -2.19. The first-order valence-corrected chi connectivity index (χ1v) is 6.69. The quantitative estimate of drug-likeness (QED) is 0.502. The fourth-order valence-electron chi connectivity index (χ4n) is 2.62. The molecule has 0 aromatic heterocycles. The number of hydrogen-bond acceptors (Lipinski definition) is 7. The van der Waals surface area contributed by atoms with Gasteiger partial charge in [0.1, 0.15) is 5.69 Å². The Bertz CT molecular complexity index is 618. The largest absolute Gasteiger partial charge is 0.469 e. The van der Waals surface area contributed by atoms with Gasteiger partial charge in [-0.2, -0.15) is 0 Å². The number of ether oxygens (including phenoxy) is 1. The van der Waals surface area contributed by atoms with Gasteiger partial charge in [-0.1, -0.05) is 0 Å². The van der Waals surface area contributed by atoms with Crippen molar-refractivity contribution < 1.29 is 19.4 Å². The van der Waals surface area contributed by atoms with E-state index in [1.165, 1.54) is 19.2 Å². The normalized spacial score (nSPS) is 20.4. The summed E-state index contributed by atoms with van der Waals surface area (Å²) in [6.45, 7) is 0. The Kier molecular flexibility index (Phi) is 4.54. The summed E-state index contributed by atoms with van der Waals surface area (Å²) in [6.07, 6.45) is 1.83. The van der Waals surface area contributed by atoms with E-state index >= 15 is 0 Å². The third-order valence-corrected chi connectivity index (χ3v) is 3.72. The van der Waals surface area contributed by atoms with Crippen LogP contribution < -0.4 is 5.32 Å². The molecule has 118 valence electrons. The van der Waals surface area contributed by atoms with Crippen LogP contribution in [0.2, 0.25) is 0 Å². The van der Waals surface area contributed by atoms with E-state index in [1.807, 2.05) is 0 Å². The molecule has 0 bridgehead atoms. The SMILES string of the molecule is COC(=O)[C@H]1CC[C@@H](Nc2ccc([N+](=O)[O-])cc2[N+](=O)[O-])C1. The summed E-state index contributed by atoms with van der Waals surface area (Å²) >= 11 is 0. The Labute approximate surface area is 125 Å². The maximum atomic E-state index is 11.5. The van der Waals surface area contributed by atoms with E-state index in [9.17, 15) is 25.0 Å². The lowest BCUT2D eigenvalue weighted by Gasteiger charge is -2.14. The van der Waals surface area contributed by atoms with E-state index in [1.54, 1.807) is 0 Å². The average Bonchev–Trinajstić information content (AvgIpc) is 2.94. The molecule has 1 aliphatic carbocycles. The smallest absolute Gasteiger partial charge is 0.308 e. The second-order valence-corrected chi connectivity index (χ2v) is 5.09. The molecule has 0 amide bonds. The van der Waals surface area contributed by atoms with Crippen molar-refractivity contribution in [2.24, 2.45) is 5.92 Å². The van der Waals surface area contributed by atoms with Gasteiger partial charge >= 0.3 is 5.97 Å². The number of hydrogen-bond donors (Lipinski definition) is 1. The summed E-state index contributed by atoms with van der Waals surface area (Å²) in [6, 6.07) is 3.35. The highest BCUT2D eigenvalue weighted by Gasteiger charge is 2.32. The maximum Gasteiger partial charge on any atom is 0.308 e. The Balaban J connectivity index is 2.15. The highest BCUT2D eigenvalue weighted by atomic mass is 16.6. The molecular formula is C13H15N3O6. The van der Waals surface area contributed by atoms with Gasteiger partial charge < -0.3 is 10.1 Å². The van der Waals surface area contributed by atoms with Crippen LogP contribution in [-0.4, -0.2) is 29.0 Å². The van der Waals surface area contributed by atoms with Crippen LogP contribution in [0, 0.1) is 26.1 Å². The minimum Gasteiger partial charge on any atom is -0.469 e. The molecule has 1 aromatic rings. The number of non-ortho nitro benzene ring substituents is 1. The summed E-state index contributed by atoms with van der Waals surface area (Å²) in [5.41, 5.74) is -0.474. The monoisotopic (exact) mass is 309 g/mol. The van der Waals surface area contributed by atoms with Gasteiger partial charge in [0.05, 0.1) is 28.9 Å². The van der Waals surface area contributed by atoms with Gasteiger partial charge in [-0.15, -0.1) is 0 Å². The summed E-state index contributed by atoms with van der Waals surface area (Å²) < 4.78 is 4.69. The third kappa shape index (κ3) is 3.30. The fourth-order valence-corrected chi connectivity index (χ4v) is 2.62. The van der Waals surface area contributed by atoms with Gasteiger partial charge in [0.25, 0.3) is 11.4 Å². The van der Waals surface area contributed by atoms with E-state index in [2.05, 4.69) is 10.1 Å². The van der Waals surface area contributed by atoms with Gasteiger partial charge in [-0.25, -0.2) is 0 Å². The number of nitrogens with zero attached hydrogens (tertiary/aromatic N) is 2. The van der Waals surface area contributed by atoms with Crippen molar-refractivity contribution in [3.8, 4) is 0 Å². The number of esters is 1. The van der Waals surface area contributed by atoms with Crippen LogP contribution in [-0.2, 0) is 9.53 Å². The highest BCUT2D eigenvalue weighted by molar-refractivity contribution is 5.73. The number of nitro groups is 2. The lowest BCUT2D eigenvalue weighted by molar-refractivity contribution is -0.393. The second-order valence-electron chi connectivity index (χ2n) is 5.09. The topological polar surface area (TPSA) is 125 Å². The van der Waals surface area contributed by atoms with Gasteiger partial charge in [-0.05, 0) is 25.3 Å². The van der Waals surface area contributed by atoms with Crippen molar-refractivity contribution in [2.45, 2.75) is 25.3 Å². The molecule has 1 saturated carbocycles. The number of carbonyl (C=O) groups is 1. The molecule has 0 spiro atoms. The molecule has 0 radical (unpaired) electrons. The van der Waals surface area contributed by atoms with Crippen molar-refractivity contribution >= 4 is 23.0 Å². The predicted octanol–water partition coefficient (Wildman–Crippen LogP) is 2.26. The number of anilines is 1. The molecule has 0 unspecified atom stereocenters. The summed E-state index contributed by atoms with van der Waals surface area (Å²) in [4.78, 5) is 31.9. The molecule has 2 atom stereocenters. The zero-order chi connectivity index (χ0) is 16.3. The molecule has 2 rings (SSSR count). The number of methoxy groups -OCH3 is 1. The minimum atomic E-state index is -0.681. The molecule has 1 N–H and O–H groups in total. The van der Waals surface area contributed by atoms with Crippen LogP contribution in [0.4, 0.5) is 17.1 Å². The molecular weight excluding hydrogens is 294 g/mol. The van der Waals surface area contributed by atoms with Crippen LogP contribution in [0.3, 0.4) is 0 Å². The zero-order valence-electron chi connectivity index (χ0n) is 11.9. The van der Waals surface area contributed by atoms with Crippen molar-refractivity contribution in [1.82, 2.24) is 0 Å². The minimum absolute atomic E-state index is 0.107. The first-order chi connectivity index (χ1) is 10.4. The number of nitro benzene ring substituents is 2. The molecule has 9 heteroatoms. The van der Waals surface area contributed by atoms with Gasteiger partial charge in [0.2, 0.25) is 0 Å². The van der Waals surface area contributed by atoms with Crippen LogP contribution in [0.15, 0.2) is 18.2 Å². The Morgan fingerprint density at radius 3 is 2.59 bits per heavy atom. The molecule has 1 aromatic carbocycles. The molecule has 1 aliphatic rings. The molecule has 0 heterocycles. The maximum absolute atomic E-state index is 11.5.